The monoisotopic (exact) mass is 314 g/mol. The minimum absolute atomic E-state index is 0.0409. The van der Waals surface area contributed by atoms with Gasteiger partial charge in [0.15, 0.2) is 4.90 Å². The molecule has 1 aliphatic rings. The fraction of sp³-hybridized carbons (Fsp3) is 0.500. The lowest BCUT2D eigenvalue weighted by Gasteiger charge is -2.09. The smallest absolute Gasteiger partial charge is 0.313 e. The molecule has 0 unspecified atom stereocenters. The lowest BCUT2D eigenvalue weighted by Crippen LogP contribution is -2.26. The maximum atomic E-state index is 12.2. The molecule has 0 radical (unpaired) electrons. The second-order valence-corrected chi connectivity index (χ2v) is 6.77. The zero-order valence-electron chi connectivity index (χ0n) is 11.4. The number of hydrogen-bond donors (Lipinski definition) is 3. The number of nitro benzene ring substituents is 1. The summed E-state index contributed by atoms with van der Waals surface area (Å²) in [5, 5.41) is 11.1. The van der Waals surface area contributed by atoms with Crippen LogP contribution >= 0.6 is 0 Å². The predicted molar refractivity (Wildman–Crippen MR) is 78.1 cm³/mol. The molecule has 0 aliphatic heterocycles. The molecule has 1 fully saturated rings. The molecule has 0 heterocycles. The molecule has 0 saturated heterocycles. The van der Waals surface area contributed by atoms with Gasteiger partial charge in [-0.1, -0.05) is 18.9 Å². The van der Waals surface area contributed by atoms with Crippen molar-refractivity contribution >= 4 is 21.4 Å². The van der Waals surface area contributed by atoms with Crippen molar-refractivity contribution in [2.24, 2.45) is 11.8 Å². The van der Waals surface area contributed by atoms with Crippen molar-refractivity contribution in [1.82, 2.24) is 4.72 Å². The molecule has 0 bridgehead atoms. The summed E-state index contributed by atoms with van der Waals surface area (Å²) in [6, 6.07) is 3.95. The summed E-state index contributed by atoms with van der Waals surface area (Å²) < 4.78 is 26.8. The molecule has 0 atom stereocenters. The van der Waals surface area contributed by atoms with Gasteiger partial charge in [0.2, 0.25) is 10.0 Å². The van der Waals surface area contributed by atoms with Crippen molar-refractivity contribution in [3.63, 3.8) is 0 Å². The molecular formula is C12H18N4O4S. The van der Waals surface area contributed by atoms with Gasteiger partial charge in [0.25, 0.3) is 0 Å². The Morgan fingerprint density at radius 2 is 2.10 bits per heavy atom. The van der Waals surface area contributed by atoms with E-state index >= 15 is 0 Å². The summed E-state index contributed by atoms with van der Waals surface area (Å²) in [4.78, 5) is 9.96. The normalized spacial score (nSPS) is 14.9. The SMILES string of the molecule is NNc1cccc(S(=O)(=O)NCCCC2CC2)c1[N+](=O)[O-]. The zero-order chi connectivity index (χ0) is 15.5. The lowest BCUT2D eigenvalue weighted by molar-refractivity contribution is -0.386. The molecule has 1 aromatic rings. The van der Waals surface area contributed by atoms with Gasteiger partial charge in [0.1, 0.15) is 5.69 Å². The van der Waals surface area contributed by atoms with Crippen LogP contribution in [0.2, 0.25) is 0 Å². The number of benzene rings is 1. The number of nitrogens with two attached hydrogens (primary N) is 1. The molecular weight excluding hydrogens is 296 g/mol. The predicted octanol–water partition coefficient (Wildman–Crippen LogP) is 1.35. The third-order valence-electron chi connectivity index (χ3n) is 3.40. The largest absolute Gasteiger partial charge is 0.318 e. The molecule has 8 nitrogen and oxygen atoms in total. The maximum absolute atomic E-state index is 12.2. The van der Waals surface area contributed by atoms with Crippen molar-refractivity contribution in [3.05, 3.63) is 28.3 Å². The maximum Gasteiger partial charge on any atom is 0.313 e. The van der Waals surface area contributed by atoms with Gasteiger partial charge in [0.05, 0.1) is 4.92 Å². The lowest BCUT2D eigenvalue weighted by atomic mass is 10.2. The van der Waals surface area contributed by atoms with E-state index < -0.39 is 20.6 Å². The molecule has 2 rings (SSSR count). The minimum Gasteiger partial charge on any atom is -0.318 e. The summed E-state index contributed by atoms with van der Waals surface area (Å²) >= 11 is 0. The van der Waals surface area contributed by atoms with Crippen LogP contribution in [0, 0.1) is 16.0 Å². The number of nitro groups is 1. The average molecular weight is 314 g/mol. The quantitative estimate of drug-likeness (QED) is 0.287. The summed E-state index contributed by atoms with van der Waals surface area (Å²) in [6.07, 6.45) is 4.13. The van der Waals surface area contributed by atoms with Crippen LogP contribution in [0.1, 0.15) is 25.7 Å². The second-order valence-electron chi connectivity index (χ2n) is 5.04. The topological polar surface area (TPSA) is 127 Å². The van der Waals surface area contributed by atoms with Crippen LogP contribution in [0.25, 0.3) is 0 Å². The van der Waals surface area contributed by atoms with Crippen LogP contribution in [-0.4, -0.2) is 19.9 Å². The van der Waals surface area contributed by atoms with E-state index in [0.717, 1.165) is 12.8 Å². The first kappa shape index (κ1) is 15.7. The molecule has 0 spiro atoms. The van der Waals surface area contributed by atoms with Gasteiger partial charge in [0, 0.05) is 6.54 Å². The van der Waals surface area contributed by atoms with Crippen LogP contribution in [0.15, 0.2) is 23.1 Å². The zero-order valence-corrected chi connectivity index (χ0v) is 12.2. The fourth-order valence-electron chi connectivity index (χ4n) is 2.13. The highest BCUT2D eigenvalue weighted by Crippen LogP contribution is 2.33. The number of nitrogens with one attached hydrogen (secondary N) is 2. The Hall–Kier alpha value is -1.71. The van der Waals surface area contributed by atoms with Crippen molar-refractivity contribution < 1.29 is 13.3 Å². The second kappa shape index (κ2) is 6.37. The highest BCUT2D eigenvalue weighted by Gasteiger charge is 2.28. The molecule has 116 valence electrons. The van der Waals surface area contributed by atoms with Crippen molar-refractivity contribution in [3.8, 4) is 0 Å². The molecule has 9 heteroatoms. The molecule has 1 saturated carbocycles. The van der Waals surface area contributed by atoms with Gasteiger partial charge in [-0.3, -0.25) is 16.0 Å². The van der Waals surface area contributed by atoms with E-state index in [1.54, 1.807) is 0 Å². The van der Waals surface area contributed by atoms with Crippen molar-refractivity contribution in [2.45, 2.75) is 30.6 Å². The highest BCUT2D eigenvalue weighted by atomic mass is 32.2. The van der Waals surface area contributed by atoms with E-state index in [2.05, 4.69) is 10.1 Å². The first-order chi connectivity index (χ1) is 9.95. The van der Waals surface area contributed by atoms with Gasteiger partial charge in [-0.15, -0.1) is 0 Å². The van der Waals surface area contributed by atoms with Gasteiger partial charge in [-0.25, -0.2) is 13.1 Å². The molecule has 0 amide bonds. The average Bonchev–Trinajstić information content (AvgIpc) is 3.26. The van der Waals surface area contributed by atoms with Crippen LogP contribution in [0.4, 0.5) is 11.4 Å². The van der Waals surface area contributed by atoms with Gasteiger partial charge in [-0.2, -0.15) is 0 Å². The number of nitrogens with zero attached hydrogens (tertiary/aromatic N) is 1. The Bertz CT molecular complexity index is 628. The first-order valence-electron chi connectivity index (χ1n) is 6.69. The number of para-hydroxylation sites is 1. The van der Waals surface area contributed by atoms with Gasteiger partial charge in [-0.05, 0) is 30.9 Å². The number of anilines is 1. The summed E-state index contributed by atoms with van der Waals surface area (Å²) in [5.74, 6) is 5.91. The molecule has 0 aromatic heterocycles. The van der Waals surface area contributed by atoms with Crippen LogP contribution in [-0.2, 0) is 10.0 Å². The molecule has 21 heavy (non-hydrogen) atoms. The van der Waals surface area contributed by atoms with E-state index in [1.165, 1.54) is 31.0 Å². The summed E-state index contributed by atoms with van der Waals surface area (Å²) in [7, 11) is -3.93. The Kier molecular flexibility index (Phi) is 4.76. The fourth-order valence-corrected chi connectivity index (χ4v) is 3.39. The summed E-state index contributed by atoms with van der Waals surface area (Å²) in [6.45, 7) is 0.274. The van der Waals surface area contributed by atoms with E-state index in [0.29, 0.717) is 5.92 Å². The number of nitrogen functional groups attached to an aromatic ring is 1. The minimum atomic E-state index is -3.93. The van der Waals surface area contributed by atoms with Gasteiger partial charge >= 0.3 is 5.69 Å². The first-order valence-corrected chi connectivity index (χ1v) is 8.17. The van der Waals surface area contributed by atoms with E-state index in [4.69, 9.17) is 5.84 Å². The van der Waals surface area contributed by atoms with Crippen molar-refractivity contribution in [1.29, 1.82) is 0 Å². The number of hydrogen-bond acceptors (Lipinski definition) is 6. The van der Waals surface area contributed by atoms with E-state index in [-0.39, 0.29) is 17.1 Å². The Morgan fingerprint density at radius 3 is 2.67 bits per heavy atom. The standard InChI is InChI=1S/C12H18N4O4S/c13-15-10-4-1-5-11(12(10)16(17)18)21(19,20)14-8-2-3-9-6-7-9/h1,4-5,9,14-15H,2-3,6-8,13H2. The van der Waals surface area contributed by atoms with Crippen LogP contribution in [0.3, 0.4) is 0 Å². The summed E-state index contributed by atoms with van der Waals surface area (Å²) in [5.41, 5.74) is 1.56. The van der Waals surface area contributed by atoms with E-state index in [9.17, 15) is 18.5 Å². The van der Waals surface area contributed by atoms with Crippen molar-refractivity contribution in [2.75, 3.05) is 12.0 Å². The highest BCUT2D eigenvalue weighted by molar-refractivity contribution is 7.89. The molecule has 4 N–H and O–H groups in total. The molecule has 1 aliphatic carbocycles. The Morgan fingerprint density at radius 1 is 1.38 bits per heavy atom. The number of rotatable bonds is 8. The Labute approximate surface area is 122 Å². The van der Waals surface area contributed by atoms with Gasteiger partial charge < -0.3 is 5.43 Å². The number of sulfonamides is 1. The third kappa shape index (κ3) is 3.90. The third-order valence-corrected chi connectivity index (χ3v) is 4.90. The van der Waals surface area contributed by atoms with Crippen LogP contribution < -0.4 is 16.0 Å². The molecule has 1 aromatic carbocycles. The Balaban J connectivity index is 2.15. The number of hydrazine groups is 1. The van der Waals surface area contributed by atoms with E-state index in [1.807, 2.05) is 0 Å². The van der Waals surface area contributed by atoms with Crippen LogP contribution in [0.5, 0.6) is 0 Å².